The van der Waals surface area contributed by atoms with Gasteiger partial charge in [0.25, 0.3) is 0 Å². The first-order valence-corrected chi connectivity index (χ1v) is 6.76. The van der Waals surface area contributed by atoms with Gasteiger partial charge in [0, 0.05) is 18.2 Å². The fourth-order valence-electron chi connectivity index (χ4n) is 2.15. The molecule has 0 bridgehead atoms. The van der Waals surface area contributed by atoms with E-state index in [0.29, 0.717) is 12.3 Å². The van der Waals surface area contributed by atoms with Crippen molar-refractivity contribution in [2.75, 3.05) is 7.11 Å². The van der Waals surface area contributed by atoms with Crippen molar-refractivity contribution < 1.29 is 9.84 Å². The summed E-state index contributed by atoms with van der Waals surface area (Å²) in [6, 6.07) is 13.8. The predicted octanol–water partition coefficient (Wildman–Crippen LogP) is 3.56. The summed E-state index contributed by atoms with van der Waals surface area (Å²) in [4.78, 5) is 0. The van der Waals surface area contributed by atoms with E-state index < -0.39 is 0 Å². The Labute approximate surface area is 120 Å². The zero-order valence-electron chi connectivity index (χ0n) is 12.2. The van der Waals surface area contributed by atoms with Crippen LogP contribution in [0.4, 0.5) is 0 Å². The monoisotopic (exact) mass is 271 g/mol. The van der Waals surface area contributed by atoms with E-state index in [0.717, 1.165) is 22.4 Å². The summed E-state index contributed by atoms with van der Waals surface area (Å²) in [6.07, 6.45) is 0. The summed E-state index contributed by atoms with van der Waals surface area (Å²) in [5.41, 5.74) is 3.23. The molecule has 20 heavy (non-hydrogen) atoms. The highest BCUT2D eigenvalue weighted by Crippen LogP contribution is 2.21. The summed E-state index contributed by atoms with van der Waals surface area (Å²) >= 11 is 0. The molecule has 3 nitrogen and oxygen atoms in total. The van der Waals surface area contributed by atoms with Crippen LogP contribution in [0, 0.1) is 6.92 Å². The Bertz CT molecular complexity index is 581. The Kier molecular flexibility index (Phi) is 4.64. The van der Waals surface area contributed by atoms with Gasteiger partial charge in [0.1, 0.15) is 11.5 Å². The zero-order chi connectivity index (χ0) is 14.5. The molecule has 106 valence electrons. The van der Waals surface area contributed by atoms with Crippen molar-refractivity contribution in [1.82, 2.24) is 5.32 Å². The number of benzene rings is 2. The number of aromatic hydroxyl groups is 1. The van der Waals surface area contributed by atoms with Crippen LogP contribution in [0.15, 0.2) is 42.5 Å². The van der Waals surface area contributed by atoms with Gasteiger partial charge in [0.05, 0.1) is 7.11 Å². The highest BCUT2D eigenvalue weighted by atomic mass is 16.5. The van der Waals surface area contributed by atoms with Crippen LogP contribution in [0.1, 0.15) is 29.7 Å². The molecule has 3 heteroatoms. The van der Waals surface area contributed by atoms with Crippen molar-refractivity contribution in [1.29, 1.82) is 0 Å². The molecule has 0 aliphatic carbocycles. The molecule has 0 radical (unpaired) electrons. The van der Waals surface area contributed by atoms with E-state index in [1.165, 1.54) is 0 Å². The average Bonchev–Trinajstić information content (AvgIpc) is 2.48. The Morgan fingerprint density at radius 1 is 1.20 bits per heavy atom. The van der Waals surface area contributed by atoms with Crippen molar-refractivity contribution in [3.05, 3.63) is 59.2 Å². The largest absolute Gasteiger partial charge is 0.508 e. The third-order valence-corrected chi connectivity index (χ3v) is 3.43. The Hall–Kier alpha value is -2.00. The van der Waals surface area contributed by atoms with E-state index in [-0.39, 0.29) is 6.04 Å². The minimum absolute atomic E-state index is 0.185. The van der Waals surface area contributed by atoms with Crippen LogP contribution in [0.5, 0.6) is 11.5 Å². The molecule has 0 heterocycles. The molecule has 0 saturated carbocycles. The first-order valence-electron chi connectivity index (χ1n) is 6.76. The predicted molar refractivity (Wildman–Crippen MR) is 81.1 cm³/mol. The van der Waals surface area contributed by atoms with Crippen LogP contribution >= 0.6 is 0 Å². The van der Waals surface area contributed by atoms with Gasteiger partial charge in [-0.25, -0.2) is 0 Å². The zero-order valence-corrected chi connectivity index (χ0v) is 12.2. The van der Waals surface area contributed by atoms with Crippen LogP contribution in [-0.2, 0) is 6.54 Å². The molecule has 0 aliphatic rings. The molecule has 0 amide bonds. The molecule has 0 aliphatic heterocycles. The van der Waals surface area contributed by atoms with E-state index in [2.05, 4.69) is 18.3 Å². The van der Waals surface area contributed by atoms with Crippen LogP contribution in [-0.4, -0.2) is 12.2 Å². The summed E-state index contributed by atoms with van der Waals surface area (Å²) in [5.74, 6) is 1.19. The van der Waals surface area contributed by atoms with Crippen LogP contribution in [0.3, 0.4) is 0 Å². The molecular weight excluding hydrogens is 250 g/mol. The van der Waals surface area contributed by atoms with Crippen molar-refractivity contribution in [3.63, 3.8) is 0 Å². The minimum atomic E-state index is 0.185. The number of hydrogen-bond acceptors (Lipinski definition) is 3. The van der Waals surface area contributed by atoms with Crippen molar-refractivity contribution in [2.45, 2.75) is 26.4 Å². The fraction of sp³-hybridized carbons (Fsp3) is 0.294. The van der Waals surface area contributed by atoms with E-state index in [1.807, 2.05) is 37.3 Å². The first kappa shape index (κ1) is 14.4. The van der Waals surface area contributed by atoms with Crippen LogP contribution in [0.2, 0.25) is 0 Å². The molecule has 1 atom stereocenters. The maximum absolute atomic E-state index is 9.84. The normalized spacial score (nSPS) is 12.2. The average molecular weight is 271 g/mol. The SMILES string of the molecule is COc1cccc([C@H](C)NCc2cc(C)ccc2O)c1. The summed E-state index contributed by atoms with van der Waals surface area (Å²) in [6.45, 7) is 4.75. The number of phenols is 1. The molecule has 2 rings (SSSR count). The summed E-state index contributed by atoms with van der Waals surface area (Å²) in [5, 5.41) is 13.3. The third kappa shape index (κ3) is 3.52. The molecule has 0 aromatic heterocycles. The molecule has 2 aromatic rings. The first-order chi connectivity index (χ1) is 9.60. The molecule has 2 N–H and O–H groups in total. The second-order valence-electron chi connectivity index (χ2n) is 5.01. The lowest BCUT2D eigenvalue weighted by molar-refractivity contribution is 0.413. The van der Waals surface area contributed by atoms with Gasteiger partial charge >= 0.3 is 0 Å². The number of phenolic OH excluding ortho intramolecular Hbond substituents is 1. The van der Waals surface area contributed by atoms with Gasteiger partial charge in [-0.1, -0.05) is 29.8 Å². The van der Waals surface area contributed by atoms with Gasteiger partial charge in [-0.15, -0.1) is 0 Å². The lowest BCUT2D eigenvalue weighted by Crippen LogP contribution is -2.18. The van der Waals surface area contributed by atoms with Crippen LogP contribution < -0.4 is 10.1 Å². The lowest BCUT2D eigenvalue weighted by Gasteiger charge is -2.16. The second kappa shape index (κ2) is 6.44. The van der Waals surface area contributed by atoms with Gasteiger partial charge < -0.3 is 15.2 Å². The molecule has 0 unspecified atom stereocenters. The third-order valence-electron chi connectivity index (χ3n) is 3.43. The summed E-state index contributed by atoms with van der Waals surface area (Å²) < 4.78 is 5.23. The second-order valence-corrected chi connectivity index (χ2v) is 5.01. The maximum atomic E-state index is 9.84. The van der Waals surface area contributed by atoms with Gasteiger partial charge in [0.2, 0.25) is 0 Å². The van der Waals surface area contributed by atoms with E-state index in [4.69, 9.17) is 4.74 Å². The number of rotatable bonds is 5. The maximum Gasteiger partial charge on any atom is 0.120 e. The smallest absolute Gasteiger partial charge is 0.120 e. The van der Waals surface area contributed by atoms with Crippen LogP contribution in [0.25, 0.3) is 0 Å². The van der Waals surface area contributed by atoms with Crippen molar-refractivity contribution in [3.8, 4) is 11.5 Å². The van der Waals surface area contributed by atoms with Crippen molar-refractivity contribution >= 4 is 0 Å². The highest BCUT2D eigenvalue weighted by Gasteiger charge is 2.08. The standard InChI is InChI=1S/C17H21NO2/c1-12-7-8-17(19)15(9-12)11-18-13(2)14-5-4-6-16(10-14)20-3/h4-10,13,18-19H,11H2,1-3H3/t13-/m0/s1. The number of aryl methyl sites for hydroxylation is 1. The lowest BCUT2D eigenvalue weighted by atomic mass is 10.1. The Morgan fingerprint density at radius 2 is 2.00 bits per heavy atom. The molecule has 0 saturated heterocycles. The fourth-order valence-corrected chi connectivity index (χ4v) is 2.15. The number of nitrogens with one attached hydrogen (secondary N) is 1. The molecule has 0 spiro atoms. The topological polar surface area (TPSA) is 41.5 Å². The van der Waals surface area contributed by atoms with E-state index in [9.17, 15) is 5.11 Å². The van der Waals surface area contributed by atoms with E-state index in [1.54, 1.807) is 13.2 Å². The number of ether oxygens (including phenoxy) is 1. The van der Waals surface area contributed by atoms with Crippen molar-refractivity contribution in [2.24, 2.45) is 0 Å². The van der Waals surface area contributed by atoms with Gasteiger partial charge in [0.15, 0.2) is 0 Å². The highest BCUT2D eigenvalue weighted by molar-refractivity contribution is 5.36. The van der Waals surface area contributed by atoms with Gasteiger partial charge in [-0.3, -0.25) is 0 Å². The Balaban J connectivity index is 2.04. The van der Waals surface area contributed by atoms with Gasteiger partial charge in [-0.05, 0) is 37.6 Å². The quantitative estimate of drug-likeness (QED) is 0.873. The Morgan fingerprint density at radius 3 is 2.75 bits per heavy atom. The minimum Gasteiger partial charge on any atom is -0.508 e. The molecule has 0 fully saturated rings. The number of methoxy groups -OCH3 is 1. The molecular formula is C17H21NO2. The van der Waals surface area contributed by atoms with E-state index >= 15 is 0 Å². The summed E-state index contributed by atoms with van der Waals surface area (Å²) in [7, 11) is 1.67. The number of hydrogen-bond donors (Lipinski definition) is 2. The molecule has 2 aromatic carbocycles. The van der Waals surface area contributed by atoms with Gasteiger partial charge in [-0.2, -0.15) is 0 Å².